The molecule has 4 atom stereocenters. The molecule has 0 aromatic carbocycles. The molecule has 4 nitrogen and oxygen atoms in total. The third kappa shape index (κ3) is 2.33. The maximum absolute atomic E-state index is 6.29. The van der Waals surface area contributed by atoms with Crippen LogP contribution in [-0.2, 0) is 4.74 Å². The maximum atomic E-state index is 6.29. The second-order valence-corrected chi connectivity index (χ2v) is 6.77. The van der Waals surface area contributed by atoms with Crippen molar-refractivity contribution < 1.29 is 4.74 Å². The molecule has 2 N–H and O–H groups in total. The average Bonchev–Trinajstić information content (AvgIpc) is 2.77. The Morgan fingerprint density at radius 3 is 2.58 bits per heavy atom. The van der Waals surface area contributed by atoms with Crippen LogP contribution in [0.4, 0.5) is 0 Å². The SMILES string of the molecule is C[C@@H]1CN(C2(CN)CCN3CCCCC32)C[C@H](C)O1. The highest BCUT2D eigenvalue weighted by Crippen LogP contribution is 2.39. The van der Waals surface area contributed by atoms with Gasteiger partial charge < -0.3 is 10.5 Å². The number of fused-ring (bicyclic) bond motifs is 1. The normalized spacial score (nSPS) is 45.3. The van der Waals surface area contributed by atoms with E-state index in [0.717, 1.165) is 19.6 Å². The highest BCUT2D eigenvalue weighted by atomic mass is 16.5. The van der Waals surface area contributed by atoms with Crippen LogP contribution in [0.3, 0.4) is 0 Å². The molecule has 0 spiro atoms. The summed E-state index contributed by atoms with van der Waals surface area (Å²) in [6, 6.07) is 0.684. The molecule has 0 aromatic rings. The fourth-order valence-corrected chi connectivity index (χ4v) is 4.65. The van der Waals surface area contributed by atoms with E-state index >= 15 is 0 Å². The first-order valence-electron chi connectivity index (χ1n) is 8.00. The monoisotopic (exact) mass is 267 g/mol. The predicted molar refractivity (Wildman–Crippen MR) is 77.2 cm³/mol. The minimum atomic E-state index is 0.215. The zero-order valence-electron chi connectivity index (χ0n) is 12.5. The van der Waals surface area contributed by atoms with Crippen molar-refractivity contribution in [3.63, 3.8) is 0 Å². The van der Waals surface area contributed by atoms with Crippen molar-refractivity contribution in [2.24, 2.45) is 5.73 Å². The molecule has 0 saturated carbocycles. The van der Waals surface area contributed by atoms with E-state index in [-0.39, 0.29) is 5.54 Å². The molecular weight excluding hydrogens is 238 g/mol. The van der Waals surface area contributed by atoms with Gasteiger partial charge in [0, 0.05) is 32.2 Å². The Balaban J connectivity index is 1.82. The third-order valence-corrected chi connectivity index (χ3v) is 5.47. The van der Waals surface area contributed by atoms with Crippen LogP contribution in [0.15, 0.2) is 0 Å². The van der Waals surface area contributed by atoms with Crippen molar-refractivity contribution in [1.82, 2.24) is 9.80 Å². The summed E-state index contributed by atoms with van der Waals surface area (Å²) in [4.78, 5) is 5.36. The number of hydrogen-bond donors (Lipinski definition) is 1. The van der Waals surface area contributed by atoms with Crippen LogP contribution in [0, 0.1) is 0 Å². The molecule has 3 saturated heterocycles. The third-order valence-electron chi connectivity index (χ3n) is 5.47. The van der Waals surface area contributed by atoms with E-state index < -0.39 is 0 Å². The number of nitrogens with zero attached hydrogens (tertiary/aromatic N) is 2. The molecule has 0 bridgehead atoms. The highest BCUT2D eigenvalue weighted by molar-refractivity contribution is 5.09. The molecule has 0 amide bonds. The summed E-state index contributed by atoms with van der Waals surface area (Å²) in [5.41, 5.74) is 6.50. The van der Waals surface area contributed by atoms with Crippen molar-refractivity contribution in [1.29, 1.82) is 0 Å². The summed E-state index contributed by atoms with van der Waals surface area (Å²) in [7, 11) is 0. The van der Waals surface area contributed by atoms with Crippen LogP contribution in [0.5, 0.6) is 0 Å². The fraction of sp³-hybridized carbons (Fsp3) is 1.00. The van der Waals surface area contributed by atoms with Gasteiger partial charge in [0.25, 0.3) is 0 Å². The van der Waals surface area contributed by atoms with Gasteiger partial charge in [0.05, 0.1) is 17.7 Å². The average molecular weight is 267 g/mol. The number of hydrogen-bond acceptors (Lipinski definition) is 4. The van der Waals surface area contributed by atoms with Crippen molar-refractivity contribution in [2.45, 2.75) is 63.3 Å². The van der Waals surface area contributed by atoms with Gasteiger partial charge in [0.15, 0.2) is 0 Å². The second-order valence-electron chi connectivity index (χ2n) is 6.77. The Bertz CT molecular complexity index is 315. The quantitative estimate of drug-likeness (QED) is 0.812. The molecule has 0 aromatic heterocycles. The van der Waals surface area contributed by atoms with Gasteiger partial charge in [-0.2, -0.15) is 0 Å². The standard InChI is InChI=1S/C15H29N3O/c1-12-9-18(10-13(2)19-12)15(11-16)6-8-17-7-4-3-5-14(15)17/h12-14H,3-11,16H2,1-2H3/t12-,13+,14?,15?. The van der Waals surface area contributed by atoms with Crippen LogP contribution in [0.1, 0.15) is 39.5 Å². The summed E-state index contributed by atoms with van der Waals surface area (Å²) in [5, 5.41) is 0. The van der Waals surface area contributed by atoms with Gasteiger partial charge in [-0.05, 0) is 39.7 Å². The number of ether oxygens (including phenoxy) is 1. The lowest BCUT2D eigenvalue weighted by molar-refractivity contribution is -0.108. The predicted octanol–water partition coefficient (Wildman–Crippen LogP) is 1.05. The van der Waals surface area contributed by atoms with Gasteiger partial charge in [-0.15, -0.1) is 0 Å². The van der Waals surface area contributed by atoms with Crippen molar-refractivity contribution in [3.05, 3.63) is 0 Å². The smallest absolute Gasteiger partial charge is 0.0678 e. The number of rotatable bonds is 2. The van der Waals surface area contributed by atoms with Gasteiger partial charge in [-0.1, -0.05) is 6.42 Å². The summed E-state index contributed by atoms with van der Waals surface area (Å²) < 4.78 is 5.91. The van der Waals surface area contributed by atoms with Crippen LogP contribution in [0.2, 0.25) is 0 Å². The van der Waals surface area contributed by atoms with E-state index in [9.17, 15) is 0 Å². The Morgan fingerprint density at radius 1 is 1.16 bits per heavy atom. The molecule has 0 radical (unpaired) electrons. The van der Waals surface area contributed by atoms with Crippen LogP contribution in [-0.4, -0.2) is 66.3 Å². The fourth-order valence-electron chi connectivity index (χ4n) is 4.65. The van der Waals surface area contributed by atoms with E-state index in [1.807, 2.05) is 0 Å². The molecule has 19 heavy (non-hydrogen) atoms. The van der Waals surface area contributed by atoms with Crippen molar-refractivity contribution in [3.8, 4) is 0 Å². The summed E-state index contributed by atoms with van der Waals surface area (Å²) >= 11 is 0. The molecule has 3 rings (SSSR count). The Kier molecular flexibility index (Phi) is 3.87. The van der Waals surface area contributed by atoms with Crippen LogP contribution < -0.4 is 5.73 Å². The molecule has 110 valence electrons. The Hall–Kier alpha value is -0.160. The van der Waals surface area contributed by atoms with Crippen LogP contribution in [0.25, 0.3) is 0 Å². The summed E-state index contributed by atoms with van der Waals surface area (Å²) in [6.45, 7) is 9.80. The summed E-state index contributed by atoms with van der Waals surface area (Å²) in [6.07, 6.45) is 5.99. The van der Waals surface area contributed by atoms with Gasteiger partial charge in [0.2, 0.25) is 0 Å². The lowest BCUT2D eigenvalue weighted by Crippen LogP contribution is -2.65. The lowest BCUT2D eigenvalue weighted by Gasteiger charge is -2.51. The number of morpholine rings is 1. The highest BCUT2D eigenvalue weighted by Gasteiger charge is 2.51. The molecular formula is C15H29N3O. The van der Waals surface area contributed by atoms with Gasteiger partial charge in [-0.25, -0.2) is 0 Å². The Morgan fingerprint density at radius 2 is 1.89 bits per heavy atom. The molecule has 3 aliphatic heterocycles. The first-order chi connectivity index (χ1) is 9.15. The summed E-state index contributed by atoms with van der Waals surface area (Å²) in [5.74, 6) is 0. The van der Waals surface area contributed by atoms with E-state index in [0.29, 0.717) is 18.2 Å². The van der Waals surface area contributed by atoms with E-state index in [1.54, 1.807) is 0 Å². The van der Waals surface area contributed by atoms with Crippen molar-refractivity contribution >= 4 is 0 Å². The zero-order chi connectivity index (χ0) is 13.5. The zero-order valence-corrected chi connectivity index (χ0v) is 12.5. The minimum absolute atomic E-state index is 0.215. The van der Waals surface area contributed by atoms with E-state index in [2.05, 4.69) is 23.6 Å². The van der Waals surface area contributed by atoms with Crippen molar-refractivity contribution in [2.75, 3.05) is 32.7 Å². The molecule has 3 aliphatic rings. The molecule has 0 aliphatic carbocycles. The van der Waals surface area contributed by atoms with Gasteiger partial charge in [-0.3, -0.25) is 9.80 Å². The molecule has 2 unspecified atom stereocenters. The number of nitrogens with two attached hydrogens (primary N) is 1. The molecule has 3 fully saturated rings. The van der Waals surface area contributed by atoms with E-state index in [1.165, 1.54) is 38.8 Å². The van der Waals surface area contributed by atoms with Gasteiger partial charge >= 0.3 is 0 Å². The molecule has 4 heteroatoms. The van der Waals surface area contributed by atoms with Gasteiger partial charge in [0.1, 0.15) is 0 Å². The minimum Gasteiger partial charge on any atom is -0.373 e. The second kappa shape index (κ2) is 5.32. The lowest BCUT2D eigenvalue weighted by atomic mass is 9.83. The number of piperidine rings is 1. The first-order valence-corrected chi connectivity index (χ1v) is 8.00. The van der Waals surface area contributed by atoms with Crippen LogP contribution >= 0.6 is 0 Å². The molecule has 3 heterocycles. The van der Waals surface area contributed by atoms with E-state index in [4.69, 9.17) is 10.5 Å². The topological polar surface area (TPSA) is 41.7 Å². The maximum Gasteiger partial charge on any atom is 0.0678 e. The Labute approximate surface area is 117 Å². The largest absolute Gasteiger partial charge is 0.373 e. The first kappa shape index (κ1) is 13.8.